The summed E-state index contributed by atoms with van der Waals surface area (Å²) in [6.07, 6.45) is 1.26. The standard InChI is InChI=1S/C12H28N2S/c1-6-14(7-2)8-9-15-12(4)10-11(3)13-5/h11-13H,6-10H2,1-5H3. The molecule has 2 atom stereocenters. The lowest BCUT2D eigenvalue weighted by atomic mass is 10.2. The number of hydrogen-bond donors (Lipinski definition) is 1. The Hall–Kier alpha value is 0.270. The molecule has 0 bridgehead atoms. The van der Waals surface area contributed by atoms with Crippen molar-refractivity contribution in [3.05, 3.63) is 0 Å². The molecule has 0 saturated heterocycles. The fourth-order valence-corrected chi connectivity index (χ4v) is 2.80. The van der Waals surface area contributed by atoms with Crippen LogP contribution in [0.3, 0.4) is 0 Å². The first kappa shape index (κ1) is 15.3. The van der Waals surface area contributed by atoms with Crippen molar-refractivity contribution in [2.75, 3.05) is 32.4 Å². The highest BCUT2D eigenvalue weighted by Crippen LogP contribution is 2.15. The van der Waals surface area contributed by atoms with Crippen LogP contribution in [0.1, 0.15) is 34.1 Å². The number of hydrogen-bond acceptors (Lipinski definition) is 3. The summed E-state index contributed by atoms with van der Waals surface area (Å²) in [7, 11) is 2.04. The van der Waals surface area contributed by atoms with Gasteiger partial charge in [0.2, 0.25) is 0 Å². The van der Waals surface area contributed by atoms with E-state index in [4.69, 9.17) is 0 Å². The summed E-state index contributed by atoms with van der Waals surface area (Å²) in [5, 5.41) is 4.06. The second-order valence-corrected chi connectivity index (χ2v) is 5.68. The van der Waals surface area contributed by atoms with Crippen LogP contribution >= 0.6 is 11.8 Å². The fraction of sp³-hybridized carbons (Fsp3) is 1.00. The molecule has 2 nitrogen and oxygen atoms in total. The van der Waals surface area contributed by atoms with E-state index in [1.165, 1.54) is 31.8 Å². The molecule has 0 aliphatic rings. The topological polar surface area (TPSA) is 15.3 Å². The van der Waals surface area contributed by atoms with Crippen molar-refractivity contribution >= 4 is 11.8 Å². The van der Waals surface area contributed by atoms with Crippen molar-refractivity contribution in [1.29, 1.82) is 0 Å². The minimum absolute atomic E-state index is 0.640. The van der Waals surface area contributed by atoms with Gasteiger partial charge in [-0.25, -0.2) is 0 Å². The second kappa shape index (κ2) is 9.49. The number of rotatable bonds is 9. The van der Waals surface area contributed by atoms with E-state index in [2.05, 4.69) is 49.7 Å². The maximum Gasteiger partial charge on any atom is 0.00722 e. The molecule has 0 amide bonds. The van der Waals surface area contributed by atoms with Gasteiger partial charge in [0.05, 0.1) is 0 Å². The normalized spacial score (nSPS) is 15.6. The average molecular weight is 232 g/mol. The molecule has 0 aromatic rings. The Balaban J connectivity index is 3.49. The summed E-state index contributed by atoms with van der Waals surface area (Å²) in [5.41, 5.74) is 0. The maximum absolute atomic E-state index is 3.29. The Bertz CT molecular complexity index is 138. The van der Waals surface area contributed by atoms with Gasteiger partial charge in [0.1, 0.15) is 0 Å². The molecule has 0 aromatic heterocycles. The van der Waals surface area contributed by atoms with Crippen molar-refractivity contribution < 1.29 is 0 Å². The lowest BCUT2D eigenvalue weighted by Crippen LogP contribution is -2.27. The molecule has 0 fully saturated rings. The molecule has 92 valence electrons. The minimum atomic E-state index is 0.640. The predicted octanol–water partition coefficient (Wildman–Crippen LogP) is 2.45. The first-order valence-corrected chi connectivity index (χ1v) is 7.20. The number of thioether (sulfide) groups is 1. The average Bonchev–Trinajstić information content (AvgIpc) is 2.24. The third-order valence-corrected chi connectivity index (χ3v) is 4.06. The van der Waals surface area contributed by atoms with E-state index in [-0.39, 0.29) is 0 Å². The summed E-state index contributed by atoms with van der Waals surface area (Å²) in [4.78, 5) is 2.49. The van der Waals surface area contributed by atoms with Crippen LogP contribution in [0.5, 0.6) is 0 Å². The third-order valence-electron chi connectivity index (χ3n) is 2.88. The summed E-state index contributed by atoms with van der Waals surface area (Å²) in [6.45, 7) is 12.6. The Morgan fingerprint density at radius 3 is 2.27 bits per heavy atom. The van der Waals surface area contributed by atoms with Crippen LogP contribution in [0.15, 0.2) is 0 Å². The van der Waals surface area contributed by atoms with Gasteiger partial charge in [0.15, 0.2) is 0 Å². The summed E-state index contributed by atoms with van der Waals surface area (Å²) in [6, 6.07) is 0.640. The molecule has 0 aromatic carbocycles. The van der Waals surface area contributed by atoms with Gasteiger partial charge >= 0.3 is 0 Å². The van der Waals surface area contributed by atoms with E-state index >= 15 is 0 Å². The van der Waals surface area contributed by atoms with Crippen molar-refractivity contribution in [3.8, 4) is 0 Å². The zero-order valence-electron chi connectivity index (χ0n) is 11.0. The zero-order valence-corrected chi connectivity index (χ0v) is 11.9. The summed E-state index contributed by atoms with van der Waals surface area (Å²) < 4.78 is 0. The molecule has 0 saturated carbocycles. The van der Waals surface area contributed by atoms with Gasteiger partial charge in [0.25, 0.3) is 0 Å². The monoisotopic (exact) mass is 232 g/mol. The summed E-state index contributed by atoms with van der Waals surface area (Å²) in [5.74, 6) is 1.26. The van der Waals surface area contributed by atoms with Gasteiger partial charge in [-0.2, -0.15) is 11.8 Å². The smallest absolute Gasteiger partial charge is 0.00722 e. The van der Waals surface area contributed by atoms with Gasteiger partial charge < -0.3 is 10.2 Å². The van der Waals surface area contributed by atoms with Gasteiger partial charge in [0, 0.05) is 23.6 Å². The molecular formula is C12H28N2S. The van der Waals surface area contributed by atoms with E-state index < -0.39 is 0 Å². The number of nitrogens with one attached hydrogen (secondary N) is 1. The van der Waals surface area contributed by atoms with Crippen molar-refractivity contribution in [1.82, 2.24) is 10.2 Å². The Morgan fingerprint density at radius 2 is 1.80 bits per heavy atom. The first-order valence-electron chi connectivity index (χ1n) is 6.15. The molecule has 2 unspecified atom stereocenters. The SMILES string of the molecule is CCN(CC)CCSC(C)CC(C)NC. The maximum atomic E-state index is 3.29. The zero-order chi connectivity index (χ0) is 11.7. The molecule has 3 heteroatoms. The Kier molecular flexibility index (Phi) is 9.66. The van der Waals surface area contributed by atoms with E-state index in [0.717, 1.165) is 5.25 Å². The van der Waals surface area contributed by atoms with Crippen LogP contribution in [-0.4, -0.2) is 48.6 Å². The lowest BCUT2D eigenvalue weighted by molar-refractivity contribution is 0.323. The van der Waals surface area contributed by atoms with Crippen molar-refractivity contribution in [3.63, 3.8) is 0 Å². The molecule has 0 aliphatic carbocycles. The largest absolute Gasteiger partial charge is 0.317 e. The Labute approximate surface area is 100 Å². The molecule has 0 spiro atoms. The van der Waals surface area contributed by atoms with E-state index in [0.29, 0.717) is 6.04 Å². The van der Waals surface area contributed by atoms with E-state index in [1.807, 2.05) is 7.05 Å². The van der Waals surface area contributed by atoms with Gasteiger partial charge in [-0.1, -0.05) is 20.8 Å². The highest BCUT2D eigenvalue weighted by atomic mass is 32.2. The molecule has 0 heterocycles. The van der Waals surface area contributed by atoms with E-state index in [9.17, 15) is 0 Å². The molecule has 1 N–H and O–H groups in total. The predicted molar refractivity (Wildman–Crippen MR) is 72.8 cm³/mol. The quantitative estimate of drug-likeness (QED) is 0.657. The molecule has 15 heavy (non-hydrogen) atoms. The third kappa shape index (κ3) is 8.12. The molecule has 0 rings (SSSR count). The van der Waals surface area contributed by atoms with Crippen LogP contribution in [0.4, 0.5) is 0 Å². The molecular weight excluding hydrogens is 204 g/mol. The van der Waals surface area contributed by atoms with Crippen LogP contribution in [0, 0.1) is 0 Å². The van der Waals surface area contributed by atoms with Crippen LogP contribution in [0.25, 0.3) is 0 Å². The van der Waals surface area contributed by atoms with Crippen molar-refractivity contribution in [2.45, 2.75) is 45.4 Å². The minimum Gasteiger partial charge on any atom is -0.317 e. The van der Waals surface area contributed by atoms with Crippen LogP contribution < -0.4 is 5.32 Å². The number of nitrogens with zero attached hydrogens (tertiary/aromatic N) is 1. The molecule has 0 radical (unpaired) electrons. The van der Waals surface area contributed by atoms with E-state index in [1.54, 1.807) is 0 Å². The van der Waals surface area contributed by atoms with Crippen LogP contribution in [0.2, 0.25) is 0 Å². The molecule has 0 aliphatic heterocycles. The first-order chi connectivity index (χ1) is 7.13. The Morgan fingerprint density at radius 1 is 1.20 bits per heavy atom. The lowest BCUT2D eigenvalue weighted by Gasteiger charge is -2.20. The van der Waals surface area contributed by atoms with Gasteiger partial charge in [-0.15, -0.1) is 0 Å². The van der Waals surface area contributed by atoms with Crippen molar-refractivity contribution in [2.24, 2.45) is 0 Å². The highest BCUT2D eigenvalue weighted by Gasteiger charge is 2.07. The van der Waals surface area contributed by atoms with Crippen LogP contribution in [-0.2, 0) is 0 Å². The summed E-state index contributed by atoms with van der Waals surface area (Å²) >= 11 is 2.10. The van der Waals surface area contributed by atoms with Gasteiger partial charge in [-0.3, -0.25) is 0 Å². The highest BCUT2D eigenvalue weighted by molar-refractivity contribution is 7.99. The fourth-order valence-electron chi connectivity index (χ4n) is 1.61. The van der Waals surface area contributed by atoms with Gasteiger partial charge in [-0.05, 0) is 33.5 Å². The second-order valence-electron chi connectivity index (χ2n) is 4.13.